The van der Waals surface area contributed by atoms with E-state index >= 15 is 0 Å². The van der Waals surface area contributed by atoms with Gasteiger partial charge in [0.1, 0.15) is 17.2 Å². The lowest BCUT2D eigenvalue weighted by molar-refractivity contribution is 0.0520. The van der Waals surface area contributed by atoms with Crippen LogP contribution in [0, 0.1) is 0 Å². The molecule has 0 bridgehead atoms. The lowest BCUT2D eigenvalue weighted by atomic mass is 10.1. The van der Waals surface area contributed by atoms with Crippen LogP contribution in [-0.2, 0) is 4.74 Å². The van der Waals surface area contributed by atoms with Crippen LogP contribution < -0.4 is 14.8 Å². The van der Waals surface area contributed by atoms with Crippen molar-refractivity contribution in [1.82, 2.24) is 14.8 Å². The third-order valence-electron chi connectivity index (χ3n) is 4.85. The number of benzene rings is 2. The first-order valence-electron chi connectivity index (χ1n) is 10.4. The van der Waals surface area contributed by atoms with Gasteiger partial charge in [0.15, 0.2) is 10.8 Å². The number of anilines is 1. The van der Waals surface area contributed by atoms with Crippen LogP contribution in [0.4, 0.5) is 5.13 Å². The molecular formula is C24H22N4O5S. The Bertz CT molecular complexity index is 1320. The average molecular weight is 479 g/mol. The zero-order valence-electron chi connectivity index (χ0n) is 18.8. The normalized spacial score (nSPS) is 10.6. The third kappa shape index (κ3) is 4.76. The van der Waals surface area contributed by atoms with Crippen LogP contribution >= 0.6 is 11.3 Å². The van der Waals surface area contributed by atoms with Crippen LogP contribution in [-0.4, -0.2) is 47.5 Å². The number of rotatable bonds is 8. The minimum Gasteiger partial charge on any atom is -0.497 e. The Labute approximate surface area is 199 Å². The number of amides is 1. The molecule has 0 aliphatic heterocycles. The summed E-state index contributed by atoms with van der Waals surface area (Å²) in [6.45, 7) is 1.95. The molecule has 2 aromatic carbocycles. The van der Waals surface area contributed by atoms with Crippen LogP contribution in [0.2, 0.25) is 0 Å². The molecule has 0 aliphatic rings. The van der Waals surface area contributed by atoms with E-state index in [1.54, 1.807) is 50.2 Å². The largest absolute Gasteiger partial charge is 0.497 e. The fraction of sp³-hybridized carbons (Fsp3) is 0.167. The second-order valence-electron chi connectivity index (χ2n) is 6.95. The fourth-order valence-electron chi connectivity index (χ4n) is 3.25. The van der Waals surface area contributed by atoms with E-state index in [-0.39, 0.29) is 17.4 Å². The maximum atomic E-state index is 13.3. The number of methoxy groups -OCH3 is 2. The summed E-state index contributed by atoms with van der Waals surface area (Å²) in [6, 6.07) is 14.7. The van der Waals surface area contributed by atoms with Crippen LogP contribution in [0.3, 0.4) is 0 Å². The Morgan fingerprint density at radius 1 is 1.09 bits per heavy atom. The molecule has 0 atom stereocenters. The van der Waals surface area contributed by atoms with Gasteiger partial charge in [-0.05, 0) is 37.3 Å². The number of carbonyl (C=O) groups is 2. The molecule has 1 N–H and O–H groups in total. The lowest BCUT2D eigenvalue weighted by Crippen LogP contribution is -2.13. The predicted octanol–water partition coefficient (Wildman–Crippen LogP) is 4.44. The second-order valence-corrected chi connectivity index (χ2v) is 7.81. The number of hydrogen-bond acceptors (Lipinski definition) is 8. The van der Waals surface area contributed by atoms with E-state index in [0.29, 0.717) is 28.3 Å². The quantitative estimate of drug-likeness (QED) is 0.373. The van der Waals surface area contributed by atoms with E-state index in [9.17, 15) is 9.59 Å². The number of hydrogen-bond donors (Lipinski definition) is 1. The first kappa shape index (κ1) is 23.0. The summed E-state index contributed by atoms with van der Waals surface area (Å²) in [5, 5.41) is 9.24. The first-order valence-corrected chi connectivity index (χ1v) is 11.2. The summed E-state index contributed by atoms with van der Waals surface area (Å²) in [5.74, 6) is 0.146. The fourth-order valence-corrected chi connectivity index (χ4v) is 3.92. The van der Waals surface area contributed by atoms with Crippen molar-refractivity contribution in [2.45, 2.75) is 6.92 Å². The predicted molar refractivity (Wildman–Crippen MR) is 128 cm³/mol. The molecule has 2 heterocycles. The van der Waals surface area contributed by atoms with Crippen LogP contribution in [0.25, 0.3) is 16.9 Å². The number of nitrogens with one attached hydrogen (secondary N) is 1. The topological polar surface area (TPSA) is 105 Å². The highest BCUT2D eigenvalue weighted by Crippen LogP contribution is 2.35. The summed E-state index contributed by atoms with van der Waals surface area (Å²) >= 11 is 1.13. The zero-order chi connectivity index (χ0) is 24.1. The van der Waals surface area contributed by atoms with Crippen molar-refractivity contribution in [1.29, 1.82) is 0 Å². The highest BCUT2D eigenvalue weighted by atomic mass is 32.1. The molecule has 0 unspecified atom stereocenters. The highest BCUT2D eigenvalue weighted by Gasteiger charge is 2.23. The molecule has 34 heavy (non-hydrogen) atoms. The SMILES string of the molecule is CCOC(=O)c1csc(NC(=O)c2cn(-c3ccccc3)nc2-c2cc(OC)ccc2OC)n1. The average Bonchev–Trinajstić information content (AvgIpc) is 3.52. The summed E-state index contributed by atoms with van der Waals surface area (Å²) in [7, 11) is 3.11. The maximum Gasteiger partial charge on any atom is 0.357 e. The van der Waals surface area contributed by atoms with Gasteiger partial charge in [0.05, 0.1) is 32.1 Å². The van der Waals surface area contributed by atoms with Crippen molar-refractivity contribution in [3.05, 3.63) is 71.4 Å². The van der Waals surface area contributed by atoms with Crippen molar-refractivity contribution in [2.75, 3.05) is 26.1 Å². The van der Waals surface area contributed by atoms with Crippen molar-refractivity contribution >= 4 is 28.3 Å². The summed E-state index contributed by atoms with van der Waals surface area (Å²) in [6.07, 6.45) is 1.64. The van der Waals surface area contributed by atoms with Gasteiger partial charge in [0.25, 0.3) is 5.91 Å². The van der Waals surface area contributed by atoms with Gasteiger partial charge in [-0.2, -0.15) is 5.10 Å². The van der Waals surface area contributed by atoms with Crippen LogP contribution in [0.5, 0.6) is 11.5 Å². The smallest absolute Gasteiger partial charge is 0.357 e. The van der Waals surface area contributed by atoms with Gasteiger partial charge in [-0.15, -0.1) is 11.3 Å². The molecule has 4 rings (SSSR count). The van der Waals surface area contributed by atoms with Gasteiger partial charge in [-0.1, -0.05) is 18.2 Å². The summed E-state index contributed by atoms with van der Waals surface area (Å²) in [4.78, 5) is 29.4. The molecule has 0 aliphatic carbocycles. The zero-order valence-corrected chi connectivity index (χ0v) is 19.6. The second kappa shape index (κ2) is 10.2. The Morgan fingerprint density at radius 3 is 2.59 bits per heavy atom. The Morgan fingerprint density at radius 2 is 1.88 bits per heavy atom. The van der Waals surface area contributed by atoms with Gasteiger partial charge >= 0.3 is 5.97 Å². The van der Waals surface area contributed by atoms with Crippen molar-refractivity contribution in [3.8, 4) is 28.4 Å². The van der Waals surface area contributed by atoms with E-state index in [1.165, 1.54) is 5.38 Å². The number of carbonyl (C=O) groups excluding carboxylic acids is 2. The number of thiazole rings is 1. The summed E-state index contributed by atoms with van der Waals surface area (Å²) in [5.41, 5.74) is 2.20. The molecule has 174 valence electrons. The van der Waals surface area contributed by atoms with Crippen molar-refractivity contribution in [3.63, 3.8) is 0 Å². The van der Waals surface area contributed by atoms with Crippen LogP contribution in [0.1, 0.15) is 27.8 Å². The Balaban J connectivity index is 1.75. The van der Waals surface area contributed by atoms with Gasteiger partial charge in [-0.25, -0.2) is 14.5 Å². The van der Waals surface area contributed by atoms with Crippen LogP contribution in [0.15, 0.2) is 60.1 Å². The van der Waals surface area contributed by atoms with Gasteiger partial charge in [-0.3, -0.25) is 10.1 Å². The van der Waals surface area contributed by atoms with Gasteiger partial charge in [0, 0.05) is 17.1 Å². The number of aromatic nitrogens is 3. The van der Waals surface area contributed by atoms with E-state index < -0.39 is 11.9 Å². The number of nitrogens with zero attached hydrogens (tertiary/aromatic N) is 3. The molecule has 0 saturated heterocycles. The lowest BCUT2D eigenvalue weighted by Gasteiger charge is -2.10. The Hall–Kier alpha value is -4.18. The minimum absolute atomic E-state index is 0.136. The Kier molecular flexibility index (Phi) is 6.88. The van der Waals surface area contributed by atoms with Crippen molar-refractivity contribution < 1.29 is 23.8 Å². The molecule has 1 amide bonds. The van der Waals surface area contributed by atoms with E-state index in [0.717, 1.165) is 17.0 Å². The molecule has 9 nitrogen and oxygen atoms in total. The molecular weight excluding hydrogens is 456 g/mol. The molecule has 4 aromatic rings. The molecule has 10 heteroatoms. The van der Waals surface area contributed by atoms with E-state index in [1.807, 2.05) is 30.3 Å². The maximum absolute atomic E-state index is 13.3. The molecule has 0 fully saturated rings. The van der Waals surface area contributed by atoms with E-state index in [2.05, 4.69) is 15.4 Å². The molecule has 2 aromatic heterocycles. The number of ether oxygens (including phenoxy) is 3. The third-order valence-corrected chi connectivity index (χ3v) is 5.61. The monoisotopic (exact) mass is 478 g/mol. The standard InChI is InChI=1S/C24H22N4O5S/c1-4-33-23(30)19-14-34-24(25-19)26-22(29)18-13-28(15-8-6-5-7-9-15)27-21(18)17-12-16(31-2)10-11-20(17)32-3/h5-14H,4H2,1-3H3,(H,25,26,29). The van der Waals surface area contributed by atoms with Gasteiger partial charge < -0.3 is 14.2 Å². The van der Waals surface area contributed by atoms with Gasteiger partial charge in [0.2, 0.25) is 0 Å². The number of esters is 1. The first-order chi connectivity index (χ1) is 16.5. The molecule has 0 spiro atoms. The minimum atomic E-state index is -0.544. The molecule has 0 saturated carbocycles. The highest BCUT2D eigenvalue weighted by molar-refractivity contribution is 7.14. The molecule has 0 radical (unpaired) electrons. The van der Waals surface area contributed by atoms with Crippen molar-refractivity contribution in [2.24, 2.45) is 0 Å². The number of para-hydroxylation sites is 1. The van der Waals surface area contributed by atoms with E-state index in [4.69, 9.17) is 14.2 Å². The summed E-state index contributed by atoms with van der Waals surface area (Å²) < 4.78 is 17.5.